The van der Waals surface area contributed by atoms with Crippen molar-refractivity contribution < 1.29 is 0 Å². The Balaban J connectivity index is 2.96. The average Bonchev–Trinajstić information content (AvgIpc) is 2.10. The third-order valence-electron chi connectivity index (χ3n) is 1.79. The topological polar surface area (TPSA) is 24.4 Å². The number of benzene rings is 1. The summed E-state index contributed by atoms with van der Waals surface area (Å²) in [7, 11) is 3.66. The molecule has 0 amide bonds. The van der Waals surface area contributed by atoms with Gasteiger partial charge in [-0.1, -0.05) is 29.8 Å². The first kappa shape index (κ1) is 8.78. The largest absolute Gasteiger partial charge is 0.373 e. The molecule has 0 spiro atoms. The molecule has 64 valence electrons. The number of hydrogen-bond acceptors (Lipinski definition) is 1. The first-order chi connectivity index (χ1) is 5.77. The van der Waals surface area contributed by atoms with Crippen molar-refractivity contribution in [2.45, 2.75) is 6.92 Å². The fraction of sp³-hybridized carbons (Fsp3) is 0.300. The molecule has 0 saturated carbocycles. The predicted octanol–water partition coefficient (Wildman–Crippen LogP) is 1.59. The van der Waals surface area contributed by atoms with E-state index < -0.39 is 0 Å². The van der Waals surface area contributed by atoms with Crippen LogP contribution < -0.4 is 5.32 Å². The van der Waals surface area contributed by atoms with Crippen LogP contribution in [0.5, 0.6) is 0 Å². The lowest BCUT2D eigenvalue weighted by Crippen LogP contribution is -2.19. The number of nitrogens with zero attached hydrogens (tertiary/aromatic N) is 1. The summed E-state index contributed by atoms with van der Waals surface area (Å²) in [6.07, 6.45) is 0. The molecule has 0 aromatic heterocycles. The standard InChI is InChI=1S/C10H14N2/c1-8-4-6-9(7-5-8)10(11-2)12-3/h4-7H,1-3H3,(H,11,12). The molecule has 1 N–H and O–H groups in total. The van der Waals surface area contributed by atoms with Gasteiger partial charge in [0.15, 0.2) is 0 Å². The van der Waals surface area contributed by atoms with Crippen LogP contribution in [0.4, 0.5) is 0 Å². The van der Waals surface area contributed by atoms with Crippen LogP contribution in [0, 0.1) is 6.92 Å². The highest BCUT2D eigenvalue weighted by atomic mass is 14.9. The Morgan fingerprint density at radius 3 is 2.25 bits per heavy atom. The minimum absolute atomic E-state index is 0.926. The van der Waals surface area contributed by atoms with Crippen molar-refractivity contribution in [1.29, 1.82) is 0 Å². The Labute approximate surface area is 73.3 Å². The predicted molar refractivity (Wildman–Crippen MR) is 52.7 cm³/mol. The Kier molecular flexibility index (Phi) is 2.86. The zero-order valence-corrected chi connectivity index (χ0v) is 7.76. The molecule has 0 bridgehead atoms. The van der Waals surface area contributed by atoms with Gasteiger partial charge in [-0.3, -0.25) is 4.99 Å². The molecular weight excluding hydrogens is 148 g/mol. The molecule has 2 heteroatoms. The van der Waals surface area contributed by atoms with Crippen molar-refractivity contribution >= 4 is 5.84 Å². The smallest absolute Gasteiger partial charge is 0.127 e. The van der Waals surface area contributed by atoms with Crippen molar-refractivity contribution in [2.75, 3.05) is 14.1 Å². The molecular formula is C10H14N2. The van der Waals surface area contributed by atoms with Crippen LogP contribution in [-0.4, -0.2) is 19.9 Å². The summed E-state index contributed by atoms with van der Waals surface area (Å²) >= 11 is 0. The van der Waals surface area contributed by atoms with Crippen LogP contribution in [0.3, 0.4) is 0 Å². The lowest BCUT2D eigenvalue weighted by Gasteiger charge is -2.04. The van der Waals surface area contributed by atoms with E-state index in [9.17, 15) is 0 Å². The minimum atomic E-state index is 0.926. The van der Waals surface area contributed by atoms with Crippen LogP contribution in [0.25, 0.3) is 0 Å². The third kappa shape index (κ3) is 1.84. The second kappa shape index (κ2) is 3.90. The molecule has 0 atom stereocenters. The summed E-state index contributed by atoms with van der Waals surface area (Å²) in [5.41, 5.74) is 2.40. The highest BCUT2D eigenvalue weighted by Crippen LogP contribution is 2.02. The van der Waals surface area contributed by atoms with Gasteiger partial charge in [0.1, 0.15) is 5.84 Å². The van der Waals surface area contributed by atoms with Gasteiger partial charge in [0, 0.05) is 19.7 Å². The number of aliphatic imine (C=N–C) groups is 1. The second-order valence-corrected chi connectivity index (χ2v) is 2.69. The SMILES string of the molecule is CN=C(NC)c1ccc(C)cc1. The molecule has 0 heterocycles. The second-order valence-electron chi connectivity index (χ2n) is 2.69. The highest BCUT2D eigenvalue weighted by molar-refractivity contribution is 5.98. The maximum Gasteiger partial charge on any atom is 0.127 e. The van der Waals surface area contributed by atoms with Gasteiger partial charge in [0.05, 0.1) is 0 Å². The summed E-state index contributed by atoms with van der Waals surface area (Å²) in [5.74, 6) is 0.926. The molecule has 0 fully saturated rings. The number of nitrogens with one attached hydrogen (secondary N) is 1. The van der Waals surface area contributed by atoms with Gasteiger partial charge >= 0.3 is 0 Å². The number of hydrogen-bond donors (Lipinski definition) is 1. The first-order valence-electron chi connectivity index (χ1n) is 3.99. The quantitative estimate of drug-likeness (QED) is 0.492. The van der Waals surface area contributed by atoms with Crippen molar-refractivity contribution in [2.24, 2.45) is 4.99 Å². The van der Waals surface area contributed by atoms with Crippen LogP contribution in [0.1, 0.15) is 11.1 Å². The van der Waals surface area contributed by atoms with Gasteiger partial charge in [-0.15, -0.1) is 0 Å². The Morgan fingerprint density at radius 1 is 1.25 bits per heavy atom. The van der Waals surface area contributed by atoms with Crippen LogP contribution in [-0.2, 0) is 0 Å². The average molecular weight is 162 g/mol. The van der Waals surface area contributed by atoms with Crippen molar-refractivity contribution in [3.63, 3.8) is 0 Å². The monoisotopic (exact) mass is 162 g/mol. The molecule has 1 aromatic rings. The molecule has 0 aliphatic rings. The van der Waals surface area contributed by atoms with Crippen LogP contribution in [0.15, 0.2) is 29.3 Å². The molecule has 0 radical (unpaired) electrons. The molecule has 0 aliphatic carbocycles. The maximum atomic E-state index is 4.11. The van der Waals surface area contributed by atoms with E-state index in [1.165, 1.54) is 5.56 Å². The normalized spacial score (nSPS) is 11.4. The van der Waals surface area contributed by atoms with E-state index in [0.717, 1.165) is 11.4 Å². The Bertz CT molecular complexity index is 272. The molecule has 0 saturated heterocycles. The molecule has 0 aliphatic heterocycles. The number of rotatable bonds is 1. The zero-order valence-electron chi connectivity index (χ0n) is 7.76. The third-order valence-corrected chi connectivity index (χ3v) is 1.79. The van der Waals surface area contributed by atoms with E-state index in [1.54, 1.807) is 7.05 Å². The first-order valence-corrected chi connectivity index (χ1v) is 3.99. The van der Waals surface area contributed by atoms with Crippen molar-refractivity contribution in [1.82, 2.24) is 5.32 Å². The van der Waals surface area contributed by atoms with Gasteiger partial charge in [-0.2, -0.15) is 0 Å². The zero-order chi connectivity index (χ0) is 8.97. The van der Waals surface area contributed by atoms with Crippen molar-refractivity contribution in [3.8, 4) is 0 Å². The molecule has 12 heavy (non-hydrogen) atoms. The highest BCUT2D eigenvalue weighted by Gasteiger charge is 1.97. The fourth-order valence-electron chi connectivity index (χ4n) is 1.10. The molecule has 2 nitrogen and oxygen atoms in total. The number of aryl methyl sites for hydroxylation is 1. The van der Waals surface area contributed by atoms with Gasteiger partial charge in [0.25, 0.3) is 0 Å². The summed E-state index contributed by atoms with van der Waals surface area (Å²) in [6.45, 7) is 2.08. The fourth-order valence-corrected chi connectivity index (χ4v) is 1.10. The maximum absolute atomic E-state index is 4.11. The van der Waals surface area contributed by atoms with Crippen LogP contribution >= 0.6 is 0 Å². The van der Waals surface area contributed by atoms with E-state index in [2.05, 4.69) is 41.5 Å². The van der Waals surface area contributed by atoms with Crippen LogP contribution in [0.2, 0.25) is 0 Å². The van der Waals surface area contributed by atoms with E-state index in [1.807, 2.05) is 7.05 Å². The van der Waals surface area contributed by atoms with E-state index in [-0.39, 0.29) is 0 Å². The van der Waals surface area contributed by atoms with Gasteiger partial charge in [-0.25, -0.2) is 0 Å². The summed E-state index contributed by atoms with van der Waals surface area (Å²) in [4.78, 5) is 4.11. The van der Waals surface area contributed by atoms with Gasteiger partial charge < -0.3 is 5.32 Å². The minimum Gasteiger partial charge on any atom is -0.373 e. The van der Waals surface area contributed by atoms with Gasteiger partial charge in [-0.05, 0) is 6.92 Å². The van der Waals surface area contributed by atoms with Gasteiger partial charge in [0.2, 0.25) is 0 Å². The molecule has 0 unspecified atom stereocenters. The summed E-state index contributed by atoms with van der Waals surface area (Å²) in [5, 5.41) is 3.04. The van der Waals surface area contributed by atoms with E-state index >= 15 is 0 Å². The Hall–Kier alpha value is -1.31. The van der Waals surface area contributed by atoms with Crippen molar-refractivity contribution in [3.05, 3.63) is 35.4 Å². The summed E-state index contributed by atoms with van der Waals surface area (Å²) in [6, 6.07) is 8.29. The van der Waals surface area contributed by atoms with E-state index in [0.29, 0.717) is 0 Å². The molecule has 1 rings (SSSR count). The lowest BCUT2D eigenvalue weighted by atomic mass is 10.1. The number of amidine groups is 1. The summed E-state index contributed by atoms with van der Waals surface area (Å²) < 4.78 is 0. The van der Waals surface area contributed by atoms with E-state index in [4.69, 9.17) is 0 Å². The Morgan fingerprint density at radius 2 is 1.83 bits per heavy atom. The lowest BCUT2D eigenvalue weighted by molar-refractivity contribution is 1.15. The molecule has 1 aromatic carbocycles.